The van der Waals surface area contributed by atoms with E-state index in [1.54, 1.807) is 0 Å². The van der Waals surface area contributed by atoms with Gasteiger partial charge in [-0.2, -0.15) is 0 Å². The molecule has 2 aromatic rings. The van der Waals surface area contributed by atoms with Gasteiger partial charge in [0.2, 0.25) is 0 Å². The average molecular weight is 200 g/mol. The van der Waals surface area contributed by atoms with E-state index in [0.717, 1.165) is 6.42 Å². The Bertz CT molecular complexity index is 431. The number of hydrogen-bond acceptors (Lipinski definition) is 1. The van der Waals surface area contributed by atoms with Gasteiger partial charge in [-0.05, 0) is 38.4 Å². The predicted molar refractivity (Wildman–Crippen MR) is 63.8 cm³/mol. The SMILES string of the molecule is [CH]CNC(C)Cc1c[nH]c2ccccc12. The highest BCUT2D eigenvalue weighted by Crippen LogP contribution is 2.18. The number of aromatic amines is 1. The highest BCUT2D eigenvalue weighted by Gasteiger charge is 2.06. The van der Waals surface area contributed by atoms with Crippen molar-refractivity contribution in [3.63, 3.8) is 0 Å². The largest absolute Gasteiger partial charge is 0.361 e. The fourth-order valence-electron chi connectivity index (χ4n) is 1.90. The molecule has 0 amide bonds. The molecule has 1 aromatic heterocycles. The Kier molecular flexibility index (Phi) is 3.07. The lowest BCUT2D eigenvalue weighted by Crippen LogP contribution is -2.27. The summed E-state index contributed by atoms with van der Waals surface area (Å²) in [5.74, 6) is 0. The maximum Gasteiger partial charge on any atom is 0.0456 e. The molecule has 2 rings (SSSR count). The van der Waals surface area contributed by atoms with E-state index in [1.807, 2.05) is 6.07 Å². The van der Waals surface area contributed by atoms with E-state index in [9.17, 15) is 0 Å². The first-order chi connectivity index (χ1) is 7.31. The van der Waals surface area contributed by atoms with E-state index >= 15 is 0 Å². The molecule has 0 aliphatic rings. The van der Waals surface area contributed by atoms with Crippen molar-refractivity contribution in [1.82, 2.24) is 10.3 Å². The molecule has 0 aliphatic carbocycles. The minimum absolute atomic E-state index is 0.411. The summed E-state index contributed by atoms with van der Waals surface area (Å²) in [5.41, 5.74) is 2.55. The minimum atomic E-state index is 0.411. The molecular formula is C13H16N2. The van der Waals surface area contributed by atoms with Crippen molar-refractivity contribution in [1.29, 1.82) is 0 Å². The van der Waals surface area contributed by atoms with Crippen molar-refractivity contribution < 1.29 is 0 Å². The Morgan fingerprint density at radius 3 is 3.00 bits per heavy atom. The molecule has 1 aromatic carbocycles. The van der Waals surface area contributed by atoms with Gasteiger partial charge in [0.05, 0.1) is 0 Å². The number of aromatic nitrogens is 1. The van der Waals surface area contributed by atoms with Crippen LogP contribution in [-0.4, -0.2) is 17.6 Å². The van der Waals surface area contributed by atoms with Crippen LogP contribution in [0.1, 0.15) is 12.5 Å². The number of benzene rings is 1. The second-order valence-electron chi connectivity index (χ2n) is 3.87. The van der Waals surface area contributed by atoms with Crippen LogP contribution in [0.2, 0.25) is 0 Å². The monoisotopic (exact) mass is 200 g/mol. The first-order valence-electron chi connectivity index (χ1n) is 5.29. The van der Waals surface area contributed by atoms with Crippen LogP contribution >= 0.6 is 0 Å². The van der Waals surface area contributed by atoms with Crippen molar-refractivity contribution >= 4 is 10.9 Å². The zero-order chi connectivity index (χ0) is 10.7. The van der Waals surface area contributed by atoms with Crippen LogP contribution in [0.3, 0.4) is 0 Å². The maximum absolute atomic E-state index is 5.45. The number of nitrogens with one attached hydrogen (secondary N) is 2. The van der Waals surface area contributed by atoms with Crippen LogP contribution in [0.25, 0.3) is 10.9 Å². The van der Waals surface area contributed by atoms with Crippen molar-refractivity contribution in [2.24, 2.45) is 0 Å². The normalized spacial score (nSPS) is 13.2. The molecule has 2 N–H and O–H groups in total. The van der Waals surface area contributed by atoms with E-state index in [4.69, 9.17) is 6.92 Å². The quantitative estimate of drug-likeness (QED) is 0.779. The zero-order valence-corrected chi connectivity index (χ0v) is 8.96. The third-order valence-electron chi connectivity index (χ3n) is 2.67. The van der Waals surface area contributed by atoms with Crippen LogP contribution in [0.4, 0.5) is 0 Å². The number of rotatable bonds is 4. The van der Waals surface area contributed by atoms with Crippen LogP contribution in [0.15, 0.2) is 30.5 Å². The van der Waals surface area contributed by atoms with Gasteiger partial charge in [-0.3, -0.25) is 0 Å². The Hall–Kier alpha value is -1.28. The molecule has 1 atom stereocenters. The summed E-state index contributed by atoms with van der Waals surface area (Å²) in [6.45, 7) is 8.13. The molecule has 2 nitrogen and oxygen atoms in total. The summed E-state index contributed by atoms with van der Waals surface area (Å²) in [5, 5.41) is 4.52. The molecule has 0 spiro atoms. The lowest BCUT2D eigenvalue weighted by molar-refractivity contribution is 0.581. The van der Waals surface area contributed by atoms with Gasteiger partial charge in [0.25, 0.3) is 0 Å². The topological polar surface area (TPSA) is 27.8 Å². The molecule has 0 bridgehead atoms. The molecule has 15 heavy (non-hydrogen) atoms. The molecule has 0 fully saturated rings. The van der Waals surface area contributed by atoms with Crippen molar-refractivity contribution in [2.75, 3.05) is 6.54 Å². The number of fused-ring (bicyclic) bond motifs is 1. The fourth-order valence-corrected chi connectivity index (χ4v) is 1.90. The highest BCUT2D eigenvalue weighted by molar-refractivity contribution is 5.83. The van der Waals surface area contributed by atoms with Gasteiger partial charge < -0.3 is 10.3 Å². The van der Waals surface area contributed by atoms with E-state index in [-0.39, 0.29) is 0 Å². The Morgan fingerprint density at radius 1 is 1.40 bits per heavy atom. The van der Waals surface area contributed by atoms with E-state index in [2.05, 4.69) is 41.6 Å². The smallest absolute Gasteiger partial charge is 0.0456 e. The van der Waals surface area contributed by atoms with Crippen LogP contribution in [0.5, 0.6) is 0 Å². The number of hydrogen-bond donors (Lipinski definition) is 2. The number of H-pyrrole nitrogens is 1. The lowest BCUT2D eigenvalue weighted by Gasteiger charge is -2.10. The first-order valence-corrected chi connectivity index (χ1v) is 5.29. The third-order valence-corrected chi connectivity index (χ3v) is 2.67. The molecule has 2 radical (unpaired) electrons. The Morgan fingerprint density at radius 2 is 2.20 bits per heavy atom. The molecule has 0 saturated heterocycles. The van der Waals surface area contributed by atoms with Gasteiger partial charge in [0.1, 0.15) is 0 Å². The van der Waals surface area contributed by atoms with Gasteiger partial charge in [0.15, 0.2) is 0 Å². The summed E-state index contributed by atoms with van der Waals surface area (Å²) in [6, 6.07) is 8.77. The number of para-hydroxylation sites is 1. The summed E-state index contributed by atoms with van der Waals surface area (Å²) in [6.07, 6.45) is 3.08. The molecule has 2 heteroatoms. The Labute approximate surface area is 90.7 Å². The maximum atomic E-state index is 5.45. The predicted octanol–water partition coefficient (Wildman–Crippen LogP) is 2.40. The van der Waals surface area contributed by atoms with E-state index in [1.165, 1.54) is 16.5 Å². The van der Waals surface area contributed by atoms with Crippen LogP contribution in [-0.2, 0) is 6.42 Å². The molecule has 78 valence electrons. The lowest BCUT2D eigenvalue weighted by atomic mass is 10.1. The molecule has 1 heterocycles. The van der Waals surface area contributed by atoms with Gasteiger partial charge in [-0.25, -0.2) is 0 Å². The molecule has 0 saturated carbocycles. The van der Waals surface area contributed by atoms with Crippen LogP contribution < -0.4 is 5.32 Å². The Balaban J connectivity index is 2.21. The standard InChI is InChI=1S/C13H16N2/c1-3-14-10(2)8-11-9-15-13-7-5-4-6-12(11)13/h1,4-7,9-10,14-15H,3,8H2,2H3. The fraction of sp³-hybridized carbons (Fsp3) is 0.308. The van der Waals surface area contributed by atoms with Crippen molar-refractivity contribution in [3.05, 3.63) is 42.9 Å². The zero-order valence-electron chi connectivity index (χ0n) is 8.96. The highest BCUT2D eigenvalue weighted by atomic mass is 14.9. The summed E-state index contributed by atoms with van der Waals surface area (Å²) >= 11 is 0. The van der Waals surface area contributed by atoms with Crippen molar-refractivity contribution in [3.8, 4) is 0 Å². The summed E-state index contributed by atoms with van der Waals surface area (Å²) < 4.78 is 0. The van der Waals surface area contributed by atoms with Gasteiger partial charge in [-0.1, -0.05) is 18.2 Å². The summed E-state index contributed by atoms with van der Waals surface area (Å²) in [4.78, 5) is 3.28. The van der Waals surface area contributed by atoms with Gasteiger partial charge in [0, 0.05) is 23.1 Å². The second kappa shape index (κ2) is 4.49. The van der Waals surface area contributed by atoms with E-state index < -0.39 is 0 Å². The molecular weight excluding hydrogens is 184 g/mol. The summed E-state index contributed by atoms with van der Waals surface area (Å²) in [7, 11) is 0. The average Bonchev–Trinajstić information content (AvgIpc) is 2.62. The second-order valence-corrected chi connectivity index (χ2v) is 3.87. The van der Waals surface area contributed by atoms with Gasteiger partial charge in [-0.15, -0.1) is 0 Å². The van der Waals surface area contributed by atoms with Crippen molar-refractivity contribution in [2.45, 2.75) is 19.4 Å². The molecule has 0 aliphatic heterocycles. The van der Waals surface area contributed by atoms with Gasteiger partial charge >= 0.3 is 0 Å². The molecule has 1 unspecified atom stereocenters. The van der Waals surface area contributed by atoms with Crippen LogP contribution in [0, 0.1) is 6.92 Å². The minimum Gasteiger partial charge on any atom is -0.361 e. The third kappa shape index (κ3) is 2.21. The van der Waals surface area contributed by atoms with E-state index in [0.29, 0.717) is 12.6 Å². The first kappa shape index (κ1) is 10.2.